The standard InChI is InChI=1S/C9H14N4O4S3/c1-2-19(14,15)6-3-11-20(16,17)8-7(10)12-9-13(8)4-5-18-9/h4-5,11H,2-3,6,10H2,1H3. The van der Waals surface area contributed by atoms with Crippen LogP contribution in [0.25, 0.3) is 4.96 Å². The number of fused-ring (bicyclic) bond motifs is 1. The van der Waals surface area contributed by atoms with Gasteiger partial charge >= 0.3 is 0 Å². The van der Waals surface area contributed by atoms with E-state index in [1.165, 1.54) is 22.7 Å². The van der Waals surface area contributed by atoms with E-state index in [4.69, 9.17) is 5.73 Å². The molecule has 0 fully saturated rings. The smallest absolute Gasteiger partial charge is 0.260 e. The van der Waals surface area contributed by atoms with Crippen molar-refractivity contribution < 1.29 is 16.8 Å². The van der Waals surface area contributed by atoms with E-state index < -0.39 is 19.9 Å². The monoisotopic (exact) mass is 338 g/mol. The molecule has 0 saturated carbocycles. The number of rotatable bonds is 6. The van der Waals surface area contributed by atoms with Crippen LogP contribution in [0.15, 0.2) is 16.6 Å². The van der Waals surface area contributed by atoms with Crippen molar-refractivity contribution in [1.82, 2.24) is 14.1 Å². The van der Waals surface area contributed by atoms with E-state index in [9.17, 15) is 16.8 Å². The molecule has 8 nitrogen and oxygen atoms in total. The van der Waals surface area contributed by atoms with Gasteiger partial charge in [-0.3, -0.25) is 4.40 Å². The number of sulfone groups is 1. The maximum Gasteiger partial charge on any atom is 0.260 e. The number of hydrogen-bond acceptors (Lipinski definition) is 7. The average molecular weight is 338 g/mol. The lowest BCUT2D eigenvalue weighted by Crippen LogP contribution is -2.30. The number of nitrogen functional groups attached to an aromatic ring is 1. The van der Waals surface area contributed by atoms with Crippen LogP contribution in [0.4, 0.5) is 5.82 Å². The number of sulfonamides is 1. The van der Waals surface area contributed by atoms with Crippen LogP contribution in [0, 0.1) is 0 Å². The minimum Gasteiger partial charge on any atom is -0.381 e. The molecule has 2 rings (SSSR count). The fourth-order valence-electron chi connectivity index (χ4n) is 1.59. The summed E-state index contributed by atoms with van der Waals surface area (Å²) >= 11 is 1.25. The summed E-state index contributed by atoms with van der Waals surface area (Å²) in [5.41, 5.74) is 5.60. The summed E-state index contributed by atoms with van der Waals surface area (Å²) in [4.78, 5) is 4.40. The van der Waals surface area contributed by atoms with Crippen LogP contribution in [-0.4, -0.2) is 44.3 Å². The maximum atomic E-state index is 12.2. The molecule has 2 aromatic rings. The van der Waals surface area contributed by atoms with Gasteiger partial charge in [-0.15, -0.1) is 11.3 Å². The molecular weight excluding hydrogens is 324 g/mol. The van der Waals surface area contributed by atoms with Crippen molar-refractivity contribution in [2.75, 3.05) is 23.8 Å². The third-order valence-electron chi connectivity index (χ3n) is 2.64. The number of nitrogens with two attached hydrogens (primary N) is 1. The van der Waals surface area contributed by atoms with Gasteiger partial charge in [0.25, 0.3) is 10.0 Å². The first-order chi connectivity index (χ1) is 9.27. The fourth-order valence-corrected chi connectivity index (χ4v) is 4.44. The van der Waals surface area contributed by atoms with Crippen LogP contribution in [0.5, 0.6) is 0 Å². The molecule has 0 aliphatic rings. The Labute approximate surface area is 120 Å². The fraction of sp³-hybridized carbons (Fsp3) is 0.444. The molecule has 11 heteroatoms. The van der Waals surface area contributed by atoms with Crippen molar-refractivity contribution in [3.63, 3.8) is 0 Å². The topological polar surface area (TPSA) is 124 Å². The van der Waals surface area contributed by atoms with E-state index in [-0.39, 0.29) is 28.9 Å². The molecule has 0 aliphatic heterocycles. The summed E-state index contributed by atoms with van der Waals surface area (Å²) in [6, 6.07) is 0. The lowest BCUT2D eigenvalue weighted by atomic mass is 10.8. The van der Waals surface area contributed by atoms with Gasteiger partial charge in [-0.1, -0.05) is 6.92 Å². The molecule has 0 bridgehead atoms. The Morgan fingerprint density at radius 1 is 1.40 bits per heavy atom. The van der Waals surface area contributed by atoms with Crippen LogP contribution in [0.3, 0.4) is 0 Å². The lowest BCUT2D eigenvalue weighted by molar-refractivity contribution is 0.577. The zero-order chi connectivity index (χ0) is 15.0. The van der Waals surface area contributed by atoms with Gasteiger partial charge in [0.05, 0.1) is 5.75 Å². The van der Waals surface area contributed by atoms with E-state index in [1.54, 1.807) is 11.6 Å². The quantitative estimate of drug-likeness (QED) is 0.744. The summed E-state index contributed by atoms with van der Waals surface area (Å²) in [6.07, 6.45) is 1.54. The van der Waals surface area contributed by atoms with Crippen LogP contribution >= 0.6 is 11.3 Å². The third kappa shape index (κ3) is 2.95. The molecule has 0 unspecified atom stereocenters. The number of nitrogens with zero attached hydrogens (tertiary/aromatic N) is 2. The molecule has 0 spiro atoms. The Kier molecular flexibility index (Phi) is 4.04. The molecule has 0 radical (unpaired) electrons. The predicted octanol–water partition coefficient (Wildman–Crippen LogP) is -0.309. The van der Waals surface area contributed by atoms with Crippen molar-refractivity contribution >= 4 is 42.0 Å². The van der Waals surface area contributed by atoms with Crippen molar-refractivity contribution in [2.45, 2.75) is 11.9 Å². The predicted molar refractivity (Wildman–Crippen MR) is 77.0 cm³/mol. The second kappa shape index (κ2) is 5.31. The minimum atomic E-state index is -3.91. The number of imidazole rings is 1. The molecule has 112 valence electrons. The van der Waals surface area contributed by atoms with Crippen molar-refractivity contribution in [3.05, 3.63) is 11.6 Å². The highest BCUT2D eigenvalue weighted by Gasteiger charge is 2.24. The minimum absolute atomic E-state index is 0.0294. The van der Waals surface area contributed by atoms with Crippen LogP contribution in [0.2, 0.25) is 0 Å². The average Bonchev–Trinajstić information content (AvgIpc) is 2.87. The van der Waals surface area contributed by atoms with E-state index in [1.807, 2.05) is 0 Å². The summed E-state index contributed by atoms with van der Waals surface area (Å²) < 4.78 is 50.6. The molecule has 3 N–H and O–H groups in total. The summed E-state index contributed by atoms with van der Waals surface area (Å²) in [7, 11) is -7.14. The number of thiazole rings is 1. The van der Waals surface area contributed by atoms with Gasteiger partial charge in [-0.05, 0) is 0 Å². The van der Waals surface area contributed by atoms with Crippen molar-refractivity contribution in [3.8, 4) is 0 Å². The molecule has 0 aliphatic carbocycles. The first-order valence-corrected chi connectivity index (χ1v) is 9.86. The largest absolute Gasteiger partial charge is 0.381 e. The highest BCUT2D eigenvalue weighted by atomic mass is 32.2. The highest BCUT2D eigenvalue weighted by Crippen LogP contribution is 2.22. The first kappa shape index (κ1) is 15.2. The van der Waals surface area contributed by atoms with Gasteiger partial charge in [0.15, 0.2) is 25.6 Å². The zero-order valence-electron chi connectivity index (χ0n) is 10.6. The lowest BCUT2D eigenvalue weighted by Gasteiger charge is -2.06. The second-order valence-electron chi connectivity index (χ2n) is 3.99. The van der Waals surface area contributed by atoms with Crippen LogP contribution in [-0.2, 0) is 19.9 Å². The van der Waals surface area contributed by atoms with E-state index in [2.05, 4.69) is 9.71 Å². The van der Waals surface area contributed by atoms with Gasteiger partial charge in [0.1, 0.15) is 0 Å². The molecule has 20 heavy (non-hydrogen) atoms. The van der Waals surface area contributed by atoms with Crippen LogP contribution < -0.4 is 10.5 Å². The van der Waals surface area contributed by atoms with Crippen molar-refractivity contribution in [2.24, 2.45) is 0 Å². The Morgan fingerprint density at radius 3 is 2.75 bits per heavy atom. The van der Waals surface area contributed by atoms with Gasteiger partial charge < -0.3 is 5.73 Å². The Balaban J connectivity index is 2.23. The normalized spacial score (nSPS) is 13.1. The number of aromatic nitrogens is 2. The summed E-state index contributed by atoms with van der Waals surface area (Å²) in [5.74, 6) is -0.394. The van der Waals surface area contributed by atoms with Gasteiger partial charge in [-0.2, -0.15) is 0 Å². The van der Waals surface area contributed by atoms with E-state index in [0.29, 0.717) is 4.96 Å². The van der Waals surface area contributed by atoms with E-state index >= 15 is 0 Å². The highest BCUT2D eigenvalue weighted by molar-refractivity contribution is 7.91. The van der Waals surface area contributed by atoms with Gasteiger partial charge in [0.2, 0.25) is 0 Å². The second-order valence-corrected chi connectivity index (χ2v) is 9.02. The third-order valence-corrected chi connectivity index (χ3v) is 6.60. The molecule has 0 amide bonds. The first-order valence-electron chi connectivity index (χ1n) is 5.68. The molecule has 2 heterocycles. The number of nitrogens with one attached hydrogen (secondary N) is 1. The zero-order valence-corrected chi connectivity index (χ0v) is 13.1. The number of anilines is 1. The Hall–Kier alpha value is -1.17. The van der Waals surface area contributed by atoms with Gasteiger partial charge in [0, 0.05) is 23.9 Å². The van der Waals surface area contributed by atoms with Gasteiger partial charge in [-0.25, -0.2) is 26.5 Å². The maximum absolute atomic E-state index is 12.2. The molecule has 2 aromatic heterocycles. The van der Waals surface area contributed by atoms with E-state index in [0.717, 1.165) is 0 Å². The Morgan fingerprint density at radius 2 is 2.10 bits per heavy atom. The Bertz CT molecular complexity index is 819. The summed E-state index contributed by atoms with van der Waals surface area (Å²) in [6.45, 7) is 1.31. The summed E-state index contributed by atoms with van der Waals surface area (Å²) in [5, 5.41) is 1.52. The van der Waals surface area contributed by atoms with Crippen LogP contribution in [0.1, 0.15) is 6.92 Å². The molecular formula is C9H14N4O4S3. The molecule has 0 atom stereocenters. The molecule has 0 saturated heterocycles. The molecule has 0 aromatic carbocycles. The van der Waals surface area contributed by atoms with Crippen molar-refractivity contribution in [1.29, 1.82) is 0 Å². The number of hydrogen-bond donors (Lipinski definition) is 2. The SMILES string of the molecule is CCS(=O)(=O)CCNS(=O)(=O)c1c(N)nc2sccn12.